The van der Waals surface area contributed by atoms with Crippen molar-refractivity contribution in [3.63, 3.8) is 0 Å². The predicted octanol–water partition coefficient (Wildman–Crippen LogP) is 2.78. The number of aliphatic imine (C=N–C) groups is 1. The van der Waals surface area contributed by atoms with Crippen molar-refractivity contribution in [3.8, 4) is 0 Å². The number of hydrogen-bond acceptors (Lipinski definition) is 4. The van der Waals surface area contributed by atoms with Gasteiger partial charge in [0.2, 0.25) is 11.8 Å². The van der Waals surface area contributed by atoms with Crippen LogP contribution < -0.4 is 10.6 Å². The average Bonchev–Trinajstić information content (AvgIpc) is 2.73. The third-order valence-electron chi connectivity index (χ3n) is 5.22. The Labute approximate surface area is 197 Å². The average molecular weight is 529 g/mol. The molecule has 1 heterocycles. The molecule has 1 aromatic rings. The number of likely N-dealkylation sites (N-methyl/N-ethyl adjacent to an activating group) is 1. The van der Waals surface area contributed by atoms with Crippen LogP contribution in [0.15, 0.2) is 35.3 Å². The van der Waals surface area contributed by atoms with Crippen LogP contribution in [0.5, 0.6) is 0 Å². The number of carbonyl (C=O) groups excluding carboxylic acids is 2. The van der Waals surface area contributed by atoms with Crippen LogP contribution in [0.1, 0.15) is 51.6 Å². The van der Waals surface area contributed by atoms with Crippen LogP contribution in [-0.2, 0) is 9.59 Å². The van der Waals surface area contributed by atoms with E-state index in [0.29, 0.717) is 44.9 Å². The molecule has 0 aromatic heterocycles. The molecule has 168 valence electrons. The molecule has 1 aliphatic heterocycles. The second-order valence-electron chi connectivity index (χ2n) is 7.09. The Kier molecular flexibility index (Phi) is 12.6. The first-order valence-corrected chi connectivity index (χ1v) is 10.7. The zero-order valence-corrected chi connectivity index (χ0v) is 20.7. The van der Waals surface area contributed by atoms with Gasteiger partial charge in [0.05, 0.1) is 12.6 Å². The van der Waals surface area contributed by atoms with Gasteiger partial charge in [-0.2, -0.15) is 0 Å². The summed E-state index contributed by atoms with van der Waals surface area (Å²) in [6.45, 7) is 10.5. The van der Waals surface area contributed by atoms with Crippen molar-refractivity contribution in [2.75, 3.05) is 39.3 Å². The molecule has 1 atom stereocenters. The van der Waals surface area contributed by atoms with E-state index >= 15 is 0 Å². The second kappa shape index (κ2) is 14.3. The fourth-order valence-electron chi connectivity index (χ4n) is 3.63. The van der Waals surface area contributed by atoms with Gasteiger partial charge >= 0.3 is 0 Å². The summed E-state index contributed by atoms with van der Waals surface area (Å²) in [5, 5.41) is 6.52. The number of imide groups is 1. The van der Waals surface area contributed by atoms with Crippen molar-refractivity contribution < 1.29 is 9.59 Å². The number of halogens is 1. The normalized spacial score (nSPS) is 15.7. The van der Waals surface area contributed by atoms with Crippen LogP contribution in [0.2, 0.25) is 0 Å². The third kappa shape index (κ3) is 7.86. The maximum atomic E-state index is 11.9. The summed E-state index contributed by atoms with van der Waals surface area (Å²) >= 11 is 0. The zero-order valence-electron chi connectivity index (χ0n) is 18.4. The Bertz CT molecular complexity index is 663. The maximum Gasteiger partial charge on any atom is 0.229 e. The molecule has 1 saturated heterocycles. The molecule has 0 bridgehead atoms. The van der Waals surface area contributed by atoms with Crippen LogP contribution in [0.3, 0.4) is 0 Å². The van der Waals surface area contributed by atoms with Gasteiger partial charge in [-0.05, 0) is 32.0 Å². The Hall–Kier alpha value is -1.68. The standard InChI is InChI=1S/C22H35N5O2.HI/c1-4-23-22(24-15-16-27-20(28)13-10-14-21(27)29)25-17-19(26(5-2)6-3)18-11-8-7-9-12-18;/h7-9,11-12,19H,4-6,10,13-17H2,1-3H3,(H2,23,24,25);1H. The molecular weight excluding hydrogens is 493 g/mol. The highest BCUT2D eigenvalue weighted by Crippen LogP contribution is 2.20. The Morgan fingerprint density at radius 2 is 1.70 bits per heavy atom. The smallest absolute Gasteiger partial charge is 0.229 e. The molecule has 8 heteroatoms. The summed E-state index contributed by atoms with van der Waals surface area (Å²) in [6.07, 6.45) is 1.59. The number of nitrogens with one attached hydrogen (secondary N) is 2. The molecule has 1 fully saturated rings. The van der Waals surface area contributed by atoms with E-state index in [9.17, 15) is 9.59 Å². The van der Waals surface area contributed by atoms with Crippen molar-refractivity contribution in [2.45, 2.75) is 46.1 Å². The highest BCUT2D eigenvalue weighted by atomic mass is 127. The third-order valence-corrected chi connectivity index (χ3v) is 5.22. The number of guanidine groups is 1. The SMILES string of the molecule is CCNC(=NCC(c1ccccc1)N(CC)CC)NCCN1C(=O)CCCC1=O.I. The number of hydrogen-bond donors (Lipinski definition) is 2. The summed E-state index contributed by atoms with van der Waals surface area (Å²) < 4.78 is 0. The fourth-order valence-corrected chi connectivity index (χ4v) is 3.63. The van der Waals surface area contributed by atoms with Crippen LogP contribution in [-0.4, -0.2) is 66.8 Å². The number of amides is 2. The molecule has 1 unspecified atom stereocenters. The molecule has 1 aliphatic rings. The number of benzene rings is 1. The predicted molar refractivity (Wildman–Crippen MR) is 132 cm³/mol. The topological polar surface area (TPSA) is 77.0 Å². The van der Waals surface area contributed by atoms with E-state index in [4.69, 9.17) is 4.99 Å². The summed E-state index contributed by atoms with van der Waals surface area (Å²) in [6, 6.07) is 10.6. The van der Waals surface area contributed by atoms with E-state index in [1.807, 2.05) is 13.0 Å². The van der Waals surface area contributed by atoms with E-state index in [1.54, 1.807) is 0 Å². The molecule has 1 aromatic carbocycles. The van der Waals surface area contributed by atoms with E-state index in [1.165, 1.54) is 10.5 Å². The lowest BCUT2D eigenvalue weighted by Gasteiger charge is -2.29. The summed E-state index contributed by atoms with van der Waals surface area (Å²) in [5.41, 5.74) is 1.25. The van der Waals surface area contributed by atoms with Gasteiger partial charge in [0.25, 0.3) is 0 Å². The molecule has 0 spiro atoms. The molecule has 2 rings (SSSR count). The summed E-state index contributed by atoms with van der Waals surface area (Å²) in [4.78, 5) is 32.4. The van der Waals surface area contributed by atoms with Crippen LogP contribution >= 0.6 is 24.0 Å². The number of likely N-dealkylation sites (tertiary alicyclic amines) is 1. The minimum absolute atomic E-state index is 0. The lowest BCUT2D eigenvalue weighted by atomic mass is 10.1. The van der Waals surface area contributed by atoms with Crippen LogP contribution in [0, 0.1) is 0 Å². The quantitative estimate of drug-likeness (QED) is 0.211. The van der Waals surface area contributed by atoms with Gasteiger partial charge in [-0.15, -0.1) is 24.0 Å². The molecule has 0 radical (unpaired) electrons. The summed E-state index contributed by atoms with van der Waals surface area (Å²) in [5.74, 6) is 0.559. The largest absolute Gasteiger partial charge is 0.357 e. The van der Waals surface area contributed by atoms with Gasteiger partial charge in [-0.1, -0.05) is 44.2 Å². The van der Waals surface area contributed by atoms with E-state index in [2.05, 4.69) is 53.6 Å². The van der Waals surface area contributed by atoms with Crippen molar-refractivity contribution >= 4 is 41.8 Å². The molecule has 2 amide bonds. The minimum Gasteiger partial charge on any atom is -0.357 e. The fraction of sp³-hybridized carbons (Fsp3) is 0.591. The molecular formula is C22H36IN5O2. The maximum absolute atomic E-state index is 11.9. The Morgan fingerprint density at radius 3 is 2.27 bits per heavy atom. The summed E-state index contributed by atoms with van der Waals surface area (Å²) in [7, 11) is 0. The Balaban J connectivity index is 0.00000450. The van der Waals surface area contributed by atoms with Gasteiger partial charge < -0.3 is 10.6 Å². The minimum atomic E-state index is -0.0735. The molecule has 0 aliphatic carbocycles. The molecule has 2 N–H and O–H groups in total. The number of carbonyl (C=O) groups is 2. The van der Waals surface area contributed by atoms with Crippen molar-refractivity contribution in [1.29, 1.82) is 0 Å². The van der Waals surface area contributed by atoms with E-state index in [0.717, 1.165) is 19.6 Å². The second-order valence-corrected chi connectivity index (χ2v) is 7.09. The van der Waals surface area contributed by atoms with Crippen LogP contribution in [0.25, 0.3) is 0 Å². The van der Waals surface area contributed by atoms with Gasteiger partial charge in [0.1, 0.15) is 0 Å². The van der Waals surface area contributed by atoms with Gasteiger partial charge in [0.15, 0.2) is 5.96 Å². The first-order chi connectivity index (χ1) is 14.1. The van der Waals surface area contributed by atoms with Gasteiger partial charge in [-0.3, -0.25) is 24.4 Å². The van der Waals surface area contributed by atoms with Crippen molar-refractivity contribution in [2.24, 2.45) is 4.99 Å². The molecule has 0 saturated carbocycles. The first kappa shape index (κ1) is 26.4. The van der Waals surface area contributed by atoms with Crippen molar-refractivity contribution in [1.82, 2.24) is 20.4 Å². The molecule has 30 heavy (non-hydrogen) atoms. The monoisotopic (exact) mass is 529 g/mol. The van der Waals surface area contributed by atoms with Gasteiger partial charge in [-0.25, -0.2) is 0 Å². The number of nitrogens with zero attached hydrogens (tertiary/aromatic N) is 3. The molecule has 7 nitrogen and oxygen atoms in total. The van der Waals surface area contributed by atoms with E-state index < -0.39 is 0 Å². The van der Waals surface area contributed by atoms with Gasteiger partial charge in [0, 0.05) is 32.5 Å². The first-order valence-electron chi connectivity index (χ1n) is 10.7. The zero-order chi connectivity index (χ0) is 21.1. The highest BCUT2D eigenvalue weighted by Gasteiger charge is 2.25. The lowest BCUT2D eigenvalue weighted by molar-refractivity contribution is -0.147. The lowest BCUT2D eigenvalue weighted by Crippen LogP contribution is -2.46. The highest BCUT2D eigenvalue weighted by molar-refractivity contribution is 14.0. The Morgan fingerprint density at radius 1 is 1.07 bits per heavy atom. The van der Waals surface area contributed by atoms with E-state index in [-0.39, 0.29) is 41.8 Å². The van der Waals surface area contributed by atoms with Crippen molar-refractivity contribution in [3.05, 3.63) is 35.9 Å². The number of piperidine rings is 1. The number of rotatable bonds is 10. The van der Waals surface area contributed by atoms with Crippen LogP contribution in [0.4, 0.5) is 0 Å².